The molecule has 0 aliphatic heterocycles. The standard InChI is InChI=1S/C26H19N5OS/c32-23-16-15-18-9-7-8-14-21(18)22(23)17-27-31-26-28-24(19-10-3-1-4-11-19)25(33-26)30-29-20-12-5-2-6-13-20/h1-17,32H,(H,28,31)/b27-17+,30-29?. The Kier molecular flexibility index (Phi) is 5.86. The highest BCUT2D eigenvalue weighted by Crippen LogP contribution is 2.39. The minimum Gasteiger partial charge on any atom is -0.507 e. The van der Waals surface area contributed by atoms with Crippen LogP contribution in [0, 0.1) is 0 Å². The lowest BCUT2D eigenvalue weighted by Gasteiger charge is -2.04. The first-order chi connectivity index (χ1) is 16.3. The van der Waals surface area contributed by atoms with Crippen molar-refractivity contribution >= 4 is 44.1 Å². The van der Waals surface area contributed by atoms with Crippen LogP contribution in [0.2, 0.25) is 0 Å². The zero-order chi connectivity index (χ0) is 22.5. The second kappa shape index (κ2) is 9.42. The molecule has 0 radical (unpaired) electrons. The predicted octanol–water partition coefficient (Wildman–Crippen LogP) is 7.53. The van der Waals surface area contributed by atoms with Crippen LogP contribution in [0.25, 0.3) is 22.0 Å². The number of phenolic OH excluding ortho intramolecular Hbond substituents is 1. The van der Waals surface area contributed by atoms with E-state index >= 15 is 0 Å². The third-order valence-corrected chi connectivity index (χ3v) is 5.81. The molecule has 0 atom stereocenters. The number of aromatic nitrogens is 1. The maximum absolute atomic E-state index is 10.3. The normalized spacial score (nSPS) is 11.5. The molecular formula is C26H19N5OS. The summed E-state index contributed by atoms with van der Waals surface area (Å²) in [5.74, 6) is 0.167. The summed E-state index contributed by atoms with van der Waals surface area (Å²) in [4.78, 5) is 4.69. The Balaban J connectivity index is 1.45. The minimum absolute atomic E-state index is 0.167. The van der Waals surface area contributed by atoms with E-state index < -0.39 is 0 Å². The molecule has 0 spiro atoms. The van der Waals surface area contributed by atoms with Crippen molar-refractivity contribution in [1.29, 1.82) is 0 Å². The fourth-order valence-corrected chi connectivity index (χ4v) is 4.14. The SMILES string of the molecule is Oc1ccc2ccccc2c1/C=N/Nc1nc(-c2ccccc2)c(N=Nc2ccccc2)s1. The summed E-state index contributed by atoms with van der Waals surface area (Å²) in [5.41, 5.74) is 6.06. The van der Waals surface area contributed by atoms with Gasteiger partial charge in [0, 0.05) is 11.1 Å². The van der Waals surface area contributed by atoms with Gasteiger partial charge in [-0.25, -0.2) is 4.98 Å². The Hall–Kier alpha value is -4.36. The minimum atomic E-state index is 0.167. The lowest BCUT2D eigenvalue weighted by atomic mass is 10.0. The van der Waals surface area contributed by atoms with Crippen LogP contribution in [0.15, 0.2) is 112 Å². The summed E-state index contributed by atoms with van der Waals surface area (Å²) < 4.78 is 0. The van der Waals surface area contributed by atoms with E-state index in [2.05, 4.69) is 25.7 Å². The molecule has 1 aromatic heterocycles. The second-order valence-corrected chi connectivity index (χ2v) is 8.14. The maximum atomic E-state index is 10.3. The molecule has 1 heterocycles. The molecule has 0 saturated heterocycles. The van der Waals surface area contributed by atoms with Crippen LogP contribution in [0.4, 0.5) is 15.8 Å². The fraction of sp³-hybridized carbons (Fsp3) is 0. The molecule has 33 heavy (non-hydrogen) atoms. The molecule has 160 valence electrons. The number of benzene rings is 4. The second-order valence-electron chi connectivity index (χ2n) is 7.16. The number of rotatable bonds is 6. The van der Waals surface area contributed by atoms with E-state index in [4.69, 9.17) is 0 Å². The topological polar surface area (TPSA) is 82.2 Å². The van der Waals surface area contributed by atoms with Crippen LogP contribution in [0.1, 0.15) is 5.56 Å². The van der Waals surface area contributed by atoms with Crippen LogP contribution >= 0.6 is 11.3 Å². The largest absolute Gasteiger partial charge is 0.507 e. The van der Waals surface area contributed by atoms with Crippen molar-refractivity contribution in [2.45, 2.75) is 0 Å². The van der Waals surface area contributed by atoms with Gasteiger partial charge in [0.2, 0.25) is 5.13 Å². The highest BCUT2D eigenvalue weighted by Gasteiger charge is 2.13. The first kappa shape index (κ1) is 20.5. The molecule has 5 rings (SSSR count). The summed E-state index contributed by atoms with van der Waals surface area (Å²) in [5, 5.41) is 26.6. The van der Waals surface area contributed by atoms with Crippen LogP contribution in [-0.2, 0) is 0 Å². The number of hydrogen-bond donors (Lipinski definition) is 2. The molecule has 0 bridgehead atoms. The first-order valence-electron chi connectivity index (χ1n) is 10.3. The van der Waals surface area contributed by atoms with Gasteiger partial charge in [0.05, 0.1) is 11.9 Å². The van der Waals surface area contributed by atoms with Crippen LogP contribution in [-0.4, -0.2) is 16.3 Å². The lowest BCUT2D eigenvalue weighted by Crippen LogP contribution is -1.92. The number of nitrogens with zero attached hydrogens (tertiary/aromatic N) is 4. The molecule has 6 nitrogen and oxygen atoms in total. The number of fused-ring (bicyclic) bond motifs is 1. The van der Waals surface area contributed by atoms with E-state index in [1.165, 1.54) is 11.3 Å². The monoisotopic (exact) mass is 449 g/mol. The van der Waals surface area contributed by atoms with E-state index in [1.54, 1.807) is 12.3 Å². The molecular weight excluding hydrogens is 430 g/mol. The van der Waals surface area contributed by atoms with Gasteiger partial charge in [0.25, 0.3) is 0 Å². The van der Waals surface area contributed by atoms with E-state index in [0.29, 0.717) is 15.7 Å². The molecule has 0 aliphatic carbocycles. The number of anilines is 1. The predicted molar refractivity (Wildman–Crippen MR) is 135 cm³/mol. The Morgan fingerprint density at radius 3 is 2.33 bits per heavy atom. The quantitative estimate of drug-likeness (QED) is 0.160. The number of thiazole rings is 1. The van der Waals surface area contributed by atoms with E-state index in [9.17, 15) is 5.11 Å². The van der Waals surface area contributed by atoms with Crippen LogP contribution < -0.4 is 5.43 Å². The van der Waals surface area contributed by atoms with E-state index in [1.807, 2.05) is 91.0 Å². The molecule has 7 heteroatoms. The molecule has 0 fully saturated rings. The number of hydrazone groups is 1. The highest BCUT2D eigenvalue weighted by atomic mass is 32.1. The van der Waals surface area contributed by atoms with Crippen molar-refractivity contribution in [1.82, 2.24) is 4.98 Å². The third-order valence-electron chi connectivity index (χ3n) is 4.97. The molecule has 0 unspecified atom stereocenters. The Labute approximate surface area is 194 Å². The summed E-state index contributed by atoms with van der Waals surface area (Å²) >= 11 is 1.36. The van der Waals surface area contributed by atoms with Gasteiger partial charge in [-0.05, 0) is 29.0 Å². The van der Waals surface area contributed by atoms with Crippen molar-refractivity contribution in [3.05, 3.63) is 103 Å². The summed E-state index contributed by atoms with van der Waals surface area (Å²) in [6.45, 7) is 0. The van der Waals surface area contributed by atoms with Gasteiger partial charge in [0.15, 0.2) is 5.00 Å². The number of nitrogens with one attached hydrogen (secondary N) is 1. The van der Waals surface area contributed by atoms with Gasteiger partial charge in [0.1, 0.15) is 11.4 Å². The van der Waals surface area contributed by atoms with Gasteiger partial charge in [-0.3, -0.25) is 5.43 Å². The maximum Gasteiger partial charge on any atom is 0.206 e. The molecule has 0 amide bonds. The fourth-order valence-electron chi connectivity index (χ4n) is 3.38. The Morgan fingerprint density at radius 2 is 1.52 bits per heavy atom. The molecule has 0 saturated carbocycles. The molecule has 5 aromatic rings. The van der Waals surface area contributed by atoms with E-state index in [-0.39, 0.29) is 5.75 Å². The number of aromatic hydroxyl groups is 1. The van der Waals surface area contributed by atoms with Gasteiger partial charge in [-0.15, -0.1) is 10.2 Å². The number of azo groups is 1. The van der Waals surface area contributed by atoms with Gasteiger partial charge in [-0.1, -0.05) is 90.2 Å². The average Bonchev–Trinajstić information content (AvgIpc) is 3.28. The van der Waals surface area contributed by atoms with Crippen LogP contribution in [0.5, 0.6) is 5.75 Å². The number of hydrogen-bond acceptors (Lipinski definition) is 7. The Bertz CT molecular complexity index is 1450. The molecule has 0 aliphatic rings. The van der Waals surface area contributed by atoms with Crippen molar-refractivity contribution < 1.29 is 5.11 Å². The van der Waals surface area contributed by atoms with Crippen LogP contribution in [0.3, 0.4) is 0 Å². The summed E-state index contributed by atoms with van der Waals surface area (Å²) in [6, 6.07) is 30.8. The lowest BCUT2D eigenvalue weighted by molar-refractivity contribution is 0.475. The van der Waals surface area contributed by atoms with Crippen molar-refractivity contribution in [2.24, 2.45) is 15.3 Å². The molecule has 2 N–H and O–H groups in total. The van der Waals surface area contributed by atoms with Crippen molar-refractivity contribution in [3.8, 4) is 17.0 Å². The average molecular weight is 450 g/mol. The smallest absolute Gasteiger partial charge is 0.206 e. The van der Waals surface area contributed by atoms with Gasteiger partial charge in [-0.2, -0.15) is 5.10 Å². The zero-order valence-electron chi connectivity index (χ0n) is 17.5. The molecule has 4 aromatic carbocycles. The van der Waals surface area contributed by atoms with Crippen molar-refractivity contribution in [3.63, 3.8) is 0 Å². The number of phenols is 1. The highest BCUT2D eigenvalue weighted by molar-refractivity contribution is 7.19. The summed E-state index contributed by atoms with van der Waals surface area (Å²) in [7, 11) is 0. The Morgan fingerprint density at radius 1 is 0.788 bits per heavy atom. The van der Waals surface area contributed by atoms with Gasteiger partial charge < -0.3 is 5.11 Å². The third kappa shape index (κ3) is 4.63. The van der Waals surface area contributed by atoms with Crippen molar-refractivity contribution in [2.75, 3.05) is 5.43 Å². The zero-order valence-corrected chi connectivity index (χ0v) is 18.3. The van der Waals surface area contributed by atoms with Gasteiger partial charge >= 0.3 is 0 Å². The first-order valence-corrected chi connectivity index (χ1v) is 11.1. The van der Waals surface area contributed by atoms with E-state index in [0.717, 1.165) is 27.7 Å². The summed E-state index contributed by atoms with van der Waals surface area (Å²) in [6.07, 6.45) is 1.60.